The van der Waals surface area contributed by atoms with E-state index in [1.807, 2.05) is 13.8 Å². The van der Waals surface area contributed by atoms with Gasteiger partial charge in [0.05, 0.1) is 0 Å². The highest BCUT2D eigenvalue weighted by atomic mass is 32.1. The van der Waals surface area contributed by atoms with Crippen molar-refractivity contribution in [2.24, 2.45) is 52.3 Å². The average Bonchev–Trinajstić information content (AvgIpc) is 3.16. The molecule has 0 amide bonds. The van der Waals surface area contributed by atoms with Crippen LogP contribution in [0.15, 0.2) is 0 Å². The van der Waals surface area contributed by atoms with Crippen LogP contribution in [0, 0.1) is 52.3 Å². The molecule has 0 aromatic rings. The highest BCUT2D eigenvalue weighted by molar-refractivity contribution is 7.79. The molecule has 0 aromatic carbocycles. The van der Waals surface area contributed by atoms with E-state index in [2.05, 4.69) is 40.3 Å². The number of thiol groups is 1. The van der Waals surface area contributed by atoms with E-state index in [0.717, 1.165) is 47.8 Å². The van der Waals surface area contributed by atoms with Gasteiger partial charge in [0.15, 0.2) is 0 Å². The maximum Gasteiger partial charge on any atom is 0.0431 e. The van der Waals surface area contributed by atoms with E-state index in [9.17, 15) is 5.11 Å². The first-order chi connectivity index (χ1) is 15.0. The minimum Gasteiger partial charge on any atom is -0.396 e. The summed E-state index contributed by atoms with van der Waals surface area (Å²) < 4.78 is 0. The molecular weight excluding hydrogens is 396 g/mol. The Labute approximate surface area is 201 Å². The standard InChI is InChI=1S/C26H46O.C2H6.CH4S/c1-5-19-17-20-23-12-11-21(18(2)9-8-16-27)26(23,4)15-13-24(20)25(3)14-7-6-10-22(19)25;2*1-2/h18-24,27H,5-17H2,1-4H3;1-2H3;2H,1H3/t18-,19+,20?,21?,22?,23?,24+,25?,26?;;/m1../s1. The number of rotatable bonds is 5. The van der Waals surface area contributed by atoms with Crippen molar-refractivity contribution in [1.29, 1.82) is 0 Å². The molecule has 6 unspecified atom stereocenters. The Balaban J connectivity index is 0.000000807. The van der Waals surface area contributed by atoms with Crippen molar-refractivity contribution in [2.75, 3.05) is 12.9 Å². The highest BCUT2D eigenvalue weighted by Gasteiger charge is 2.61. The lowest BCUT2D eigenvalue weighted by atomic mass is 9.42. The first-order valence-electron chi connectivity index (χ1n) is 14.0. The number of aliphatic hydroxyl groups excluding tert-OH is 1. The van der Waals surface area contributed by atoms with Gasteiger partial charge in [-0.05, 0) is 116 Å². The number of aliphatic hydroxyl groups is 1. The molecule has 4 aliphatic carbocycles. The summed E-state index contributed by atoms with van der Waals surface area (Å²) in [6.45, 7) is 14.8. The third-order valence-electron chi connectivity index (χ3n) is 10.9. The van der Waals surface area contributed by atoms with Gasteiger partial charge in [0.1, 0.15) is 0 Å². The van der Waals surface area contributed by atoms with Gasteiger partial charge >= 0.3 is 0 Å². The second-order valence-corrected chi connectivity index (χ2v) is 11.7. The number of hydrogen-bond acceptors (Lipinski definition) is 2. The lowest BCUT2D eigenvalue weighted by molar-refractivity contribution is -0.138. The molecule has 0 saturated heterocycles. The molecule has 0 radical (unpaired) electrons. The molecule has 1 N–H and O–H groups in total. The van der Waals surface area contributed by atoms with E-state index in [1.54, 1.807) is 12.7 Å². The topological polar surface area (TPSA) is 20.2 Å². The predicted molar refractivity (Wildman–Crippen MR) is 141 cm³/mol. The molecule has 0 heterocycles. The van der Waals surface area contributed by atoms with E-state index >= 15 is 0 Å². The van der Waals surface area contributed by atoms with Crippen LogP contribution in [0.4, 0.5) is 0 Å². The van der Waals surface area contributed by atoms with Crippen molar-refractivity contribution in [3.63, 3.8) is 0 Å². The molecule has 4 saturated carbocycles. The van der Waals surface area contributed by atoms with E-state index < -0.39 is 0 Å². The normalized spacial score (nSPS) is 44.4. The summed E-state index contributed by atoms with van der Waals surface area (Å²) in [5, 5.41) is 9.30. The van der Waals surface area contributed by atoms with Crippen LogP contribution in [-0.2, 0) is 0 Å². The molecule has 0 aliphatic heterocycles. The largest absolute Gasteiger partial charge is 0.396 e. The Hall–Kier alpha value is 0.310. The summed E-state index contributed by atoms with van der Waals surface area (Å²) in [6, 6.07) is 0. The van der Waals surface area contributed by atoms with Gasteiger partial charge in [-0.1, -0.05) is 60.8 Å². The van der Waals surface area contributed by atoms with Crippen molar-refractivity contribution in [3.05, 3.63) is 0 Å². The molecule has 0 aromatic heterocycles. The zero-order chi connectivity index (χ0) is 23.2. The Kier molecular flexibility index (Phi) is 10.8. The molecule has 2 heteroatoms. The molecular formula is C29H56OS. The minimum absolute atomic E-state index is 0.375. The molecule has 9 atom stereocenters. The van der Waals surface area contributed by atoms with Crippen LogP contribution in [0.2, 0.25) is 0 Å². The molecule has 4 fully saturated rings. The average molecular weight is 453 g/mol. The Morgan fingerprint density at radius 3 is 2.23 bits per heavy atom. The van der Waals surface area contributed by atoms with Gasteiger partial charge in [0.25, 0.3) is 0 Å². The third-order valence-corrected chi connectivity index (χ3v) is 10.9. The molecule has 31 heavy (non-hydrogen) atoms. The van der Waals surface area contributed by atoms with Gasteiger partial charge in [-0.3, -0.25) is 0 Å². The molecule has 184 valence electrons. The van der Waals surface area contributed by atoms with Crippen LogP contribution in [0.5, 0.6) is 0 Å². The van der Waals surface area contributed by atoms with E-state index in [-0.39, 0.29) is 0 Å². The molecule has 0 bridgehead atoms. The second-order valence-electron chi connectivity index (χ2n) is 11.7. The summed E-state index contributed by atoms with van der Waals surface area (Å²) in [5.74, 6) is 6.77. The van der Waals surface area contributed by atoms with Gasteiger partial charge in [-0.15, -0.1) is 0 Å². The lowest BCUT2D eigenvalue weighted by Crippen LogP contribution is -2.55. The number of fused-ring (bicyclic) bond motifs is 5. The monoisotopic (exact) mass is 452 g/mol. The Bertz CT molecular complexity index is 521. The zero-order valence-corrected chi connectivity index (χ0v) is 23.0. The van der Waals surface area contributed by atoms with Gasteiger partial charge in [0.2, 0.25) is 0 Å². The van der Waals surface area contributed by atoms with Crippen molar-refractivity contribution >= 4 is 12.6 Å². The summed E-state index contributed by atoms with van der Waals surface area (Å²) >= 11 is 3.53. The Morgan fingerprint density at radius 1 is 0.903 bits per heavy atom. The minimum atomic E-state index is 0.375. The van der Waals surface area contributed by atoms with Crippen LogP contribution in [0.3, 0.4) is 0 Å². The van der Waals surface area contributed by atoms with E-state index in [0.29, 0.717) is 17.4 Å². The first-order valence-corrected chi connectivity index (χ1v) is 14.9. The lowest BCUT2D eigenvalue weighted by Gasteiger charge is -2.63. The van der Waals surface area contributed by atoms with Crippen LogP contribution >= 0.6 is 12.6 Å². The summed E-state index contributed by atoms with van der Waals surface area (Å²) in [5.41, 5.74) is 1.25. The fourth-order valence-electron chi connectivity index (χ4n) is 9.61. The fourth-order valence-corrected chi connectivity index (χ4v) is 9.61. The van der Waals surface area contributed by atoms with Crippen molar-refractivity contribution in [1.82, 2.24) is 0 Å². The van der Waals surface area contributed by atoms with Crippen molar-refractivity contribution < 1.29 is 5.11 Å². The van der Waals surface area contributed by atoms with Crippen LogP contribution < -0.4 is 0 Å². The fraction of sp³-hybridized carbons (Fsp3) is 1.00. The van der Waals surface area contributed by atoms with Crippen LogP contribution in [-0.4, -0.2) is 18.0 Å². The summed E-state index contributed by atoms with van der Waals surface area (Å²) in [6.07, 6.45) is 18.9. The molecule has 4 rings (SSSR count). The third kappa shape index (κ3) is 5.06. The SMILES string of the molecule is CC.CC[C@H]1CC2C3CCC([C@H](C)CCCO)C3(C)CC[C@@H]2C2(C)CCCCC12.CS. The van der Waals surface area contributed by atoms with Gasteiger partial charge in [-0.25, -0.2) is 0 Å². The van der Waals surface area contributed by atoms with Gasteiger partial charge < -0.3 is 5.11 Å². The maximum absolute atomic E-state index is 9.30. The summed E-state index contributed by atoms with van der Waals surface area (Å²) in [7, 11) is 0. The van der Waals surface area contributed by atoms with Crippen LogP contribution in [0.1, 0.15) is 119 Å². The highest BCUT2D eigenvalue weighted by Crippen LogP contribution is 2.69. The smallest absolute Gasteiger partial charge is 0.0431 e. The first kappa shape index (κ1) is 27.6. The Morgan fingerprint density at radius 2 is 1.58 bits per heavy atom. The summed E-state index contributed by atoms with van der Waals surface area (Å²) in [4.78, 5) is 0. The molecule has 1 nitrogen and oxygen atoms in total. The predicted octanol–water partition coefficient (Wildman–Crippen LogP) is 8.65. The zero-order valence-electron chi connectivity index (χ0n) is 22.1. The van der Waals surface area contributed by atoms with Gasteiger partial charge in [0, 0.05) is 6.61 Å². The molecule has 4 aliphatic rings. The van der Waals surface area contributed by atoms with Crippen LogP contribution in [0.25, 0.3) is 0 Å². The second kappa shape index (κ2) is 12.1. The van der Waals surface area contributed by atoms with Crippen molar-refractivity contribution in [3.8, 4) is 0 Å². The quantitative estimate of drug-likeness (QED) is 0.400. The van der Waals surface area contributed by atoms with E-state index in [4.69, 9.17) is 0 Å². The number of hydrogen-bond donors (Lipinski definition) is 2. The van der Waals surface area contributed by atoms with Gasteiger partial charge in [-0.2, -0.15) is 12.6 Å². The van der Waals surface area contributed by atoms with Crippen molar-refractivity contribution in [2.45, 2.75) is 119 Å². The molecule has 0 spiro atoms. The van der Waals surface area contributed by atoms with E-state index in [1.165, 1.54) is 64.2 Å². The maximum atomic E-state index is 9.30.